The van der Waals surface area contributed by atoms with E-state index in [9.17, 15) is 4.79 Å². The van der Waals surface area contributed by atoms with Crippen LogP contribution in [0.25, 0.3) is 0 Å². The molecule has 0 radical (unpaired) electrons. The van der Waals surface area contributed by atoms with E-state index in [2.05, 4.69) is 15.9 Å². The Bertz CT molecular complexity index is 463. The number of halogens is 1. The quantitative estimate of drug-likeness (QED) is 0.869. The lowest BCUT2D eigenvalue weighted by Crippen LogP contribution is -2.43. The first-order valence-corrected chi connectivity index (χ1v) is 7.37. The summed E-state index contributed by atoms with van der Waals surface area (Å²) in [7, 11) is 0. The van der Waals surface area contributed by atoms with Crippen molar-refractivity contribution in [3.63, 3.8) is 0 Å². The van der Waals surface area contributed by atoms with Gasteiger partial charge in [0.15, 0.2) is 0 Å². The average molecular weight is 327 g/mol. The lowest BCUT2D eigenvalue weighted by atomic mass is 10.1. The molecule has 104 valence electrons. The molecule has 1 fully saturated rings. The third-order valence-corrected chi connectivity index (χ3v) is 3.81. The molecule has 1 atom stereocenters. The van der Waals surface area contributed by atoms with E-state index in [1.807, 2.05) is 17.9 Å². The maximum absolute atomic E-state index is 12.5. The van der Waals surface area contributed by atoms with Crippen LogP contribution in [0, 0.1) is 0 Å². The molecule has 5 heteroatoms. The summed E-state index contributed by atoms with van der Waals surface area (Å²) in [6.07, 6.45) is 2.15. The van der Waals surface area contributed by atoms with Gasteiger partial charge in [-0.15, -0.1) is 0 Å². The number of nitrogens with zero attached hydrogens (tertiary/aromatic N) is 1. The Morgan fingerprint density at radius 3 is 3.05 bits per heavy atom. The van der Waals surface area contributed by atoms with Crippen LogP contribution in [0.3, 0.4) is 0 Å². The molecule has 0 aromatic heterocycles. The van der Waals surface area contributed by atoms with E-state index in [-0.39, 0.29) is 12.0 Å². The molecular weight excluding hydrogens is 308 g/mol. The first-order valence-electron chi connectivity index (χ1n) is 6.57. The third kappa shape index (κ3) is 3.48. The Labute approximate surface area is 122 Å². The molecular formula is C14H19BrN2O2. The Morgan fingerprint density at radius 2 is 2.37 bits per heavy atom. The number of piperidine rings is 1. The SMILES string of the molecule is CCOC1CCCN(C(=O)c2ccc(Br)cc2N)C1. The average Bonchev–Trinajstić information content (AvgIpc) is 2.39. The number of hydrogen-bond donors (Lipinski definition) is 1. The molecule has 1 saturated heterocycles. The van der Waals surface area contributed by atoms with Crippen LogP contribution in [-0.2, 0) is 4.74 Å². The van der Waals surface area contributed by atoms with Crippen molar-refractivity contribution in [3.05, 3.63) is 28.2 Å². The zero-order valence-corrected chi connectivity index (χ0v) is 12.6. The van der Waals surface area contributed by atoms with Crippen LogP contribution in [0.4, 0.5) is 5.69 Å². The first kappa shape index (κ1) is 14.3. The van der Waals surface area contributed by atoms with Crippen LogP contribution in [0.1, 0.15) is 30.1 Å². The van der Waals surface area contributed by atoms with Crippen LogP contribution in [0.5, 0.6) is 0 Å². The lowest BCUT2D eigenvalue weighted by molar-refractivity contribution is 0.00728. The van der Waals surface area contributed by atoms with Crippen LogP contribution in [0.15, 0.2) is 22.7 Å². The van der Waals surface area contributed by atoms with Gasteiger partial charge >= 0.3 is 0 Å². The summed E-state index contributed by atoms with van der Waals surface area (Å²) >= 11 is 3.35. The summed E-state index contributed by atoms with van der Waals surface area (Å²) in [5.41, 5.74) is 7.00. The second-order valence-corrected chi connectivity index (χ2v) is 5.62. The van der Waals surface area contributed by atoms with Crippen LogP contribution in [-0.4, -0.2) is 36.6 Å². The fourth-order valence-electron chi connectivity index (χ4n) is 2.39. The molecule has 0 bridgehead atoms. The van der Waals surface area contributed by atoms with Crippen LogP contribution in [0.2, 0.25) is 0 Å². The number of carbonyl (C=O) groups is 1. The summed E-state index contributed by atoms with van der Waals surface area (Å²) < 4.78 is 6.50. The van der Waals surface area contributed by atoms with E-state index in [4.69, 9.17) is 10.5 Å². The van der Waals surface area contributed by atoms with Gasteiger partial charge in [-0.2, -0.15) is 0 Å². The van der Waals surface area contributed by atoms with Crippen molar-refractivity contribution in [3.8, 4) is 0 Å². The largest absolute Gasteiger partial charge is 0.398 e. The number of rotatable bonds is 3. The second-order valence-electron chi connectivity index (χ2n) is 4.70. The number of nitrogen functional groups attached to an aromatic ring is 1. The van der Waals surface area contributed by atoms with Crippen molar-refractivity contribution < 1.29 is 9.53 Å². The molecule has 2 rings (SSSR count). The fraction of sp³-hybridized carbons (Fsp3) is 0.500. The standard InChI is InChI=1S/C14H19BrN2O2/c1-2-19-11-4-3-7-17(9-11)14(18)12-6-5-10(15)8-13(12)16/h5-6,8,11H,2-4,7,9,16H2,1H3. The smallest absolute Gasteiger partial charge is 0.256 e. The first-order chi connectivity index (χ1) is 9.11. The van der Waals surface area contributed by atoms with E-state index in [1.54, 1.807) is 12.1 Å². The van der Waals surface area contributed by atoms with E-state index in [0.29, 0.717) is 24.4 Å². The predicted octanol–water partition coefficient (Wildman–Crippen LogP) is 2.67. The van der Waals surface area contributed by atoms with Gasteiger partial charge in [-0.1, -0.05) is 15.9 Å². The maximum Gasteiger partial charge on any atom is 0.256 e. The Morgan fingerprint density at radius 1 is 1.58 bits per heavy atom. The number of amides is 1. The number of benzene rings is 1. The molecule has 2 N–H and O–H groups in total. The van der Waals surface area contributed by atoms with Gasteiger partial charge in [0.2, 0.25) is 0 Å². The third-order valence-electron chi connectivity index (χ3n) is 3.31. The lowest BCUT2D eigenvalue weighted by Gasteiger charge is -2.32. The van der Waals surface area contributed by atoms with E-state index >= 15 is 0 Å². The van der Waals surface area contributed by atoms with Crippen molar-refractivity contribution in [2.24, 2.45) is 0 Å². The molecule has 1 unspecified atom stereocenters. The molecule has 1 aliphatic rings. The highest BCUT2D eigenvalue weighted by atomic mass is 79.9. The highest BCUT2D eigenvalue weighted by molar-refractivity contribution is 9.10. The molecule has 1 aromatic carbocycles. The zero-order valence-electron chi connectivity index (χ0n) is 11.1. The van der Waals surface area contributed by atoms with Gasteiger partial charge < -0.3 is 15.4 Å². The number of anilines is 1. The van der Waals surface area contributed by atoms with Gasteiger partial charge in [-0.05, 0) is 38.0 Å². The minimum Gasteiger partial charge on any atom is -0.398 e. The van der Waals surface area contributed by atoms with Gasteiger partial charge in [0.25, 0.3) is 5.91 Å². The molecule has 19 heavy (non-hydrogen) atoms. The summed E-state index contributed by atoms with van der Waals surface area (Å²) in [5, 5.41) is 0. The van der Waals surface area contributed by atoms with Crippen molar-refractivity contribution in [2.75, 3.05) is 25.4 Å². The minimum atomic E-state index is -0.00518. The molecule has 1 heterocycles. The summed E-state index contributed by atoms with van der Waals surface area (Å²) in [6.45, 7) is 4.10. The number of nitrogens with two attached hydrogens (primary N) is 1. The fourth-order valence-corrected chi connectivity index (χ4v) is 2.77. The highest BCUT2D eigenvalue weighted by Crippen LogP contribution is 2.22. The summed E-state index contributed by atoms with van der Waals surface area (Å²) in [6, 6.07) is 5.37. The van der Waals surface area contributed by atoms with Gasteiger partial charge in [0.1, 0.15) is 0 Å². The van der Waals surface area contributed by atoms with Crippen LogP contribution < -0.4 is 5.73 Å². The molecule has 0 spiro atoms. The molecule has 1 aromatic rings. The highest BCUT2D eigenvalue weighted by Gasteiger charge is 2.25. The molecule has 0 saturated carbocycles. The van der Waals surface area contributed by atoms with Crippen molar-refractivity contribution in [1.29, 1.82) is 0 Å². The van der Waals surface area contributed by atoms with Crippen molar-refractivity contribution in [2.45, 2.75) is 25.9 Å². The number of ether oxygens (including phenoxy) is 1. The second kappa shape index (κ2) is 6.39. The molecule has 4 nitrogen and oxygen atoms in total. The van der Waals surface area contributed by atoms with E-state index < -0.39 is 0 Å². The van der Waals surface area contributed by atoms with E-state index in [1.165, 1.54) is 0 Å². The Kier molecular flexibility index (Phi) is 4.82. The minimum absolute atomic E-state index is 0.00518. The summed E-state index contributed by atoms with van der Waals surface area (Å²) in [4.78, 5) is 14.3. The normalized spacial score (nSPS) is 19.5. The molecule has 0 aliphatic carbocycles. The van der Waals surface area contributed by atoms with Crippen molar-refractivity contribution in [1.82, 2.24) is 4.90 Å². The Balaban J connectivity index is 2.10. The molecule has 1 aliphatic heterocycles. The van der Waals surface area contributed by atoms with Gasteiger partial charge in [0, 0.05) is 29.9 Å². The maximum atomic E-state index is 12.5. The Hall–Kier alpha value is -1.07. The molecule has 1 amide bonds. The summed E-state index contributed by atoms with van der Waals surface area (Å²) in [5.74, 6) is -0.00518. The number of likely N-dealkylation sites (tertiary alicyclic amines) is 1. The monoisotopic (exact) mass is 326 g/mol. The van der Waals surface area contributed by atoms with E-state index in [0.717, 1.165) is 23.9 Å². The topological polar surface area (TPSA) is 55.6 Å². The zero-order chi connectivity index (χ0) is 13.8. The van der Waals surface area contributed by atoms with Gasteiger partial charge in [0.05, 0.1) is 11.7 Å². The van der Waals surface area contributed by atoms with Crippen LogP contribution >= 0.6 is 15.9 Å². The van der Waals surface area contributed by atoms with Gasteiger partial charge in [-0.3, -0.25) is 4.79 Å². The number of carbonyl (C=O) groups excluding carboxylic acids is 1. The van der Waals surface area contributed by atoms with Gasteiger partial charge in [-0.25, -0.2) is 0 Å². The number of hydrogen-bond acceptors (Lipinski definition) is 3. The van der Waals surface area contributed by atoms with Crippen molar-refractivity contribution >= 4 is 27.5 Å². The predicted molar refractivity (Wildman–Crippen MR) is 79.1 cm³/mol.